The molecule has 1 saturated heterocycles. The van der Waals surface area contributed by atoms with E-state index in [1.807, 2.05) is 50.0 Å². The number of thioether (sulfide) groups is 1. The van der Waals surface area contributed by atoms with Gasteiger partial charge in [-0.05, 0) is 24.6 Å². The van der Waals surface area contributed by atoms with E-state index in [9.17, 15) is 4.79 Å². The quantitative estimate of drug-likeness (QED) is 0.931. The molecule has 106 valence electrons. The van der Waals surface area contributed by atoms with Crippen molar-refractivity contribution in [2.75, 3.05) is 30.0 Å². The van der Waals surface area contributed by atoms with Crippen molar-refractivity contribution in [3.63, 3.8) is 0 Å². The topological polar surface area (TPSA) is 32.3 Å². The van der Waals surface area contributed by atoms with E-state index in [0.717, 1.165) is 23.7 Å². The smallest absolute Gasteiger partial charge is 0.228 e. The van der Waals surface area contributed by atoms with Crippen molar-refractivity contribution in [3.8, 4) is 0 Å². The van der Waals surface area contributed by atoms with Crippen LogP contribution < -0.4 is 10.2 Å². The Morgan fingerprint density at radius 3 is 2.95 bits per heavy atom. The fourth-order valence-corrected chi connectivity index (χ4v) is 3.03. The van der Waals surface area contributed by atoms with E-state index in [0.29, 0.717) is 12.5 Å². The number of carbonyl (C=O) groups excluding carboxylic acids is 1. The number of aryl methyl sites for hydroxylation is 1. The van der Waals surface area contributed by atoms with Crippen molar-refractivity contribution in [1.82, 2.24) is 5.32 Å². The number of anilines is 1. The van der Waals surface area contributed by atoms with Crippen molar-refractivity contribution in [3.05, 3.63) is 29.8 Å². The first kappa shape index (κ1) is 16.3. The summed E-state index contributed by atoms with van der Waals surface area (Å²) in [6, 6.07) is 8.38. The van der Waals surface area contributed by atoms with Gasteiger partial charge in [0.15, 0.2) is 0 Å². The Kier molecular flexibility index (Phi) is 6.69. The highest BCUT2D eigenvalue weighted by Gasteiger charge is 2.19. The first-order valence-corrected chi connectivity index (χ1v) is 7.46. The summed E-state index contributed by atoms with van der Waals surface area (Å²) in [5.41, 5.74) is 2.15. The Morgan fingerprint density at radius 2 is 2.32 bits per heavy atom. The summed E-state index contributed by atoms with van der Waals surface area (Å²) < 4.78 is 0. The third-order valence-corrected chi connectivity index (χ3v) is 4.31. The molecule has 1 atom stereocenters. The molecule has 0 radical (unpaired) electrons. The summed E-state index contributed by atoms with van der Waals surface area (Å²) in [6.45, 7) is 3.05. The highest BCUT2D eigenvalue weighted by molar-refractivity contribution is 7.99. The molecule has 3 nitrogen and oxygen atoms in total. The van der Waals surface area contributed by atoms with Gasteiger partial charge in [0.05, 0.1) is 0 Å². The second kappa shape index (κ2) is 7.78. The van der Waals surface area contributed by atoms with Crippen LogP contribution in [0.1, 0.15) is 12.0 Å². The van der Waals surface area contributed by atoms with Crippen molar-refractivity contribution in [2.24, 2.45) is 0 Å². The fraction of sp³-hybridized carbons (Fsp3) is 0.500. The Morgan fingerprint density at radius 1 is 1.53 bits per heavy atom. The third-order valence-electron chi connectivity index (χ3n) is 3.18. The van der Waals surface area contributed by atoms with E-state index in [-0.39, 0.29) is 18.3 Å². The van der Waals surface area contributed by atoms with Gasteiger partial charge in [0, 0.05) is 43.2 Å². The zero-order valence-electron chi connectivity index (χ0n) is 11.4. The summed E-state index contributed by atoms with van der Waals surface area (Å²) in [5, 5.41) is 3.40. The standard InChI is InChI=1S/C14H20N2OS.ClH/c1-11-4-3-5-13(8-11)16(2)14(17)9-12-10-18-7-6-15-12;/h3-5,8,12,15H,6-7,9-10H2,1-2H3;1H. The van der Waals surface area contributed by atoms with Crippen LogP contribution in [0.25, 0.3) is 0 Å². The van der Waals surface area contributed by atoms with Gasteiger partial charge < -0.3 is 10.2 Å². The molecule has 1 aliphatic heterocycles. The van der Waals surface area contributed by atoms with E-state index in [2.05, 4.69) is 5.32 Å². The van der Waals surface area contributed by atoms with Gasteiger partial charge in [-0.3, -0.25) is 4.79 Å². The Bertz CT molecular complexity index is 422. The summed E-state index contributed by atoms with van der Waals surface area (Å²) in [4.78, 5) is 14.0. The zero-order valence-corrected chi connectivity index (χ0v) is 13.0. The van der Waals surface area contributed by atoms with Gasteiger partial charge in [0.25, 0.3) is 0 Å². The van der Waals surface area contributed by atoms with Crippen molar-refractivity contribution in [2.45, 2.75) is 19.4 Å². The minimum Gasteiger partial charge on any atom is -0.315 e. The first-order valence-electron chi connectivity index (χ1n) is 6.31. The van der Waals surface area contributed by atoms with E-state index in [4.69, 9.17) is 0 Å². The number of amides is 1. The van der Waals surface area contributed by atoms with Gasteiger partial charge >= 0.3 is 0 Å². The summed E-state index contributed by atoms with van der Waals surface area (Å²) in [7, 11) is 1.85. The zero-order chi connectivity index (χ0) is 13.0. The molecule has 19 heavy (non-hydrogen) atoms. The maximum atomic E-state index is 12.2. The number of rotatable bonds is 3. The molecule has 1 N–H and O–H groups in total. The van der Waals surface area contributed by atoms with Crippen LogP contribution >= 0.6 is 24.2 Å². The Hall–Kier alpha value is -0.710. The van der Waals surface area contributed by atoms with Crippen LogP contribution in [0.2, 0.25) is 0 Å². The highest BCUT2D eigenvalue weighted by atomic mass is 35.5. The highest BCUT2D eigenvalue weighted by Crippen LogP contribution is 2.17. The lowest BCUT2D eigenvalue weighted by Gasteiger charge is -2.25. The van der Waals surface area contributed by atoms with Crippen molar-refractivity contribution in [1.29, 1.82) is 0 Å². The average Bonchev–Trinajstić information content (AvgIpc) is 2.39. The number of hydrogen-bond acceptors (Lipinski definition) is 3. The second-order valence-corrected chi connectivity index (χ2v) is 5.87. The van der Waals surface area contributed by atoms with Crippen LogP contribution in [-0.2, 0) is 4.79 Å². The molecule has 0 bridgehead atoms. The molecule has 1 aliphatic rings. The van der Waals surface area contributed by atoms with Crippen LogP contribution in [0.15, 0.2) is 24.3 Å². The lowest BCUT2D eigenvalue weighted by molar-refractivity contribution is -0.118. The molecule has 1 fully saturated rings. The number of nitrogens with one attached hydrogen (secondary N) is 1. The lowest BCUT2D eigenvalue weighted by Crippen LogP contribution is -2.41. The summed E-state index contributed by atoms with van der Waals surface area (Å²) in [6.07, 6.45) is 0.581. The van der Waals surface area contributed by atoms with Gasteiger partial charge in [-0.15, -0.1) is 12.4 Å². The minimum atomic E-state index is 0. The predicted octanol–water partition coefficient (Wildman–Crippen LogP) is 2.47. The average molecular weight is 301 g/mol. The number of hydrogen-bond donors (Lipinski definition) is 1. The summed E-state index contributed by atoms with van der Waals surface area (Å²) >= 11 is 1.92. The molecule has 2 rings (SSSR count). The predicted molar refractivity (Wildman–Crippen MR) is 85.6 cm³/mol. The molecule has 5 heteroatoms. The molecule has 0 saturated carbocycles. The molecule has 0 spiro atoms. The van der Waals surface area contributed by atoms with Crippen LogP contribution in [0.3, 0.4) is 0 Å². The molecular weight excluding hydrogens is 280 g/mol. The lowest BCUT2D eigenvalue weighted by atomic mass is 10.1. The number of benzene rings is 1. The van der Waals surface area contributed by atoms with Crippen molar-refractivity contribution >= 4 is 35.8 Å². The molecule has 1 unspecified atom stereocenters. The van der Waals surface area contributed by atoms with Crippen LogP contribution in [-0.4, -0.2) is 37.0 Å². The molecule has 0 aliphatic carbocycles. The molecule has 1 aromatic carbocycles. The van der Waals surface area contributed by atoms with E-state index >= 15 is 0 Å². The second-order valence-electron chi connectivity index (χ2n) is 4.72. The maximum Gasteiger partial charge on any atom is 0.228 e. The van der Waals surface area contributed by atoms with E-state index in [1.165, 1.54) is 5.56 Å². The van der Waals surface area contributed by atoms with Crippen LogP contribution in [0.4, 0.5) is 5.69 Å². The van der Waals surface area contributed by atoms with E-state index in [1.54, 1.807) is 4.90 Å². The van der Waals surface area contributed by atoms with Crippen LogP contribution in [0, 0.1) is 6.92 Å². The minimum absolute atomic E-state index is 0. The normalized spacial score (nSPS) is 18.5. The molecule has 1 amide bonds. The van der Waals surface area contributed by atoms with Crippen LogP contribution in [0.5, 0.6) is 0 Å². The Labute approximate surface area is 125 Å². The molecule has 1 aromatic rings. The van der Waals surface area contributed by atoms with Gasteiger partial charge in [0.2, 0.25) is 5.91 Å². The number of halogens is 1. The number of carbonyl (C=O) groups is 1. The first-order chi connectivity index (χ1) is 8.66. The molecule has 0 aromatic heterocycles. The maximum absolute atomic E-state index is 12.2. The van der Waals surface area contributed by atoms with E-state index < -0.39 is 0 Å². The molecular formula is C14H21ClN2OS. The largest absolute Gasteiger partial charge is 0.315 e. The number of nitrogens with zero attached hydrogens (tertiary/aromatic N) is 1. The van der Waals surface area contributed by atoms with Crippen molar-refractivity contribution < 1.29 is 4.79 Å². The fourth-order valence-electron chi connectivity index (χ4n) is 2.08. The SMILES string of the molecule is Cc1cccc(N(C)C(=O)CC2CSCCN2)c1.Cl. The monoisotopic (exact) mass is 300 g/mol. The molecule has 1 heterocycles. The Balaban J connectivity index is 0.00000180. The van der Waals surface area contributed by atoms with Gasteiger partial charge in [-0.25, -0.2) is 0 Å². The van der Waals surface area contributed by atoms with Gasteiger partial charge in [-0.2, -0.15) is 11.8 Å². The van der Waals surface area contributed by atoms with Gasteiger partial charge in [-0.1, -0.05) is 12.1 Å². The third kappa shape index (κ3) is 4.71. The van der Waals surface area contributed by atoms with Gasteiger partial charge in [0.1, 0.15) is 0 Å². The summed E-state index contributed by atoms with van der Waals surface area (Å²) in [5.74, 6) is 2.37.